The largest absolute Gasteiger partial charge is 0.454 e. The Morgan fingerprint density at radius 2 is 1.70 bits per heavy atom. The Labute approximate surface area is 258 Å². The maximum absolute atomic E-state index is 13.7. The zero-order chi connectivity index (χ0) is 31.3. The smallest absolute Gasteiger partial charge is 0.341 e. The number of benzene rings is 2. The Hall–Kier alpha value is -3.52. The molecule has 0 aliphatic carbocycles. The van der Waals surface area contributed by atoms with Crippen LogP contribution in [-0.4, -0.2) is 85.4 Å². The summed E-state index contributed by atoms with van der Waals surface area (Å²) in [6.07, 6.45) is 1.33. The first-order valence-electron chi connectivity index (χ1n) is 13.4. The van der Waals surface area contributed by atoms with Crippen LogP contribution >= 0.6 is 23.2 Å². The minimum atomic E-state index is -3.80. The zero-order valence-electron chi connectivity index (χ0n) is 23.1. The van der Waals surface area contributed by atoms with E-state index >= 15 is 0 Å². The van der Waals surface area contributed by atoms with Crippen LogP contribution in [0.1, 0.15) is 41.6 Å². The summed E-state index contributed by atoms with van der Waals surface area (Å²) in [6, 6.07) is 9.64. The van der Waals surface area contributed by atoms with Crippen LogP contribution in [0.3, 0.4) is 0 Å². The van der Waals surface area contributed by atoms with Gasteiger partial charge in [-0.2, -0.15) is 0 Å². The van der Waals surface area contributed by atoms with Gasteiger partial charge < -0.3 is 10.1 Å². The molecule has 1 unspecified atom stereocenters. The standard InChI is InChI=1S/C28H30Cl2N4O8S/c1-43(40,41)32-20-12-13-24(36)33-14-6-11-22(34(33)27(20)38)26(37)31-21(15-17-7-3-2-4-8-17)23(35)16-42-28(39)25-18(29)9-5-10-19(25)30/h2-5,7-10,20-22,32H,6,11-16H2,1H3,(H,31,37)/t20?,21-,22-/m0/s1. The number of nitrogens with one attached hydrogen (secondary N) is 2. The van der Waals surface area contributed by atoms with Crippen molar-refractivity contribution in [3.8, 4) is 0 Å². The number of ketones is 1. The third-order valence-corrected chi connectivity index (χ3v) is 8.36. The van der Waals surface area contributed by atoms with Crippen molar-refractivity contribution in [2.75, 3.05) is 19.4 Å². The van der Waals surface area contributed by atoms with Crippen LogP contribution in [-0.2, 0) is 40.4 Å². The number of ether oxygens (including phenoxy) is 1. The normalized spacial score (nSPS) is 19.7. The Balaban J connectivity index is 1.55. The monoisotopic (exact) mass is 652 g/mol. The second-order valence-electron chi connectivity index (χ2n) is 10.2. The molecule has 2 saturated heterocycles. The summed E-state index contributed by atoms with van der Waals surface area (Å²) in [7, 11) is -3.80. The summed E-state index contributed by atoms with van der Waals surface area (Å²) in [5, 5.41) is 4.93. The molecule has 0 radical (unpaired) electrons. The van der Waals surface area contributed by atoms with Crippen LogP contribution in [0.25, 0.3) is 0 Å². The highest BCUT2D eigenvalue weighted by Crippen LogP contribution is 2.26. The Bertz CT molecular complexity index is 1500. The third-order valence-electron chi connectivity index (χ3n) is 7.02. The van der Waals surface area contributed by atoms with E-state index < -0.39 is 64.2 Å². The lowest BCUT2D eigenvalue weighted by Gasteiger charge is -2.43. The molecule has 43 heavy (non-hydrogen) atoms. The molecule has 4 rings (SSSR count). The van der Waals surface area contributed by atoms with Crippen molar-refractivity contribution in [3.05, 3.63) is 69.7 Å². The Morgan fingerprint density at radius 1 is 1.02 bits per heavy atom. The van der Waals surface area contributed by atoms with Gasteiger partial charge in [-0.1, -0.05) is 59.6 Å². The number of Topliss-reactive ketones (excluding diaryl/α,β-unsaturated/α-hetero) is 1. The van der Waals surface area contributed by atoms with Crippen molar-refractivity contribution in [3.63, 3.8) is 0 Å². The molecule has 2 aromatic rings. The number of carbonyl (C=O) groups excluding carboxylic acids is 5. The van der Waals surface area contributed by atoms with E-state index in [-0.39, 0.29) is 47.8 Å². The average molecular weight is 654 g/mol. The van der Waals surface area contributed by atoms with E-state index in [1.54, 1.807) is 36.4 Å². The highest BCUT2D eigenvalue weighted by atomic mass is 35.5. The Morgan fingerprint density at radius 3 is 2.35 bits per heavy atom. The summed E-state index contributed by atoms with van der Waals surface area (Å²) in [6.45, 7) is -0.538. The quantitative estimate of drug-likeness (QED) is 0.368. The first-order chi connectivity index (χ1) is 20.4. The van der Waals surface area contributed by atoms with Crippen molar-refractivity contribution in [2.45, 2.75) is 50.2 Å². The number of halogens is 2. The average Bonchev–Trinajstić information content (AvgIpc) is 3.07. The highest BCUT2D eigenvalue weighted by molar-refractivity contribution is 7.88. The fraction of sp³-hybridized carbons (Fsp3) is 0.393. The van der Waals surface area contributed by atoms with Gasteiger partial charge in [0.05, 0.1) is 27.9 Å². The summed E-state index contributed by atoms with van der Waals surface area (Å²) < 4.78 is 31.2. The Kier molecular flexibility index (Phi) is 10.4. The summed E-state index contributed by atoms with van der Waals surface area (Å²) in [5.41, 5.74) is 0.594. The van der Waals surface area contributed by atoms with Gasteiger partial charge in [0.15, 0.2) is 12.4 Å². The summed E-state index contributed by atoms with van der Waals surface area (Å²) in [5.74, 6) is -3.45. The van der Waals surface area contributed by atoms with Crippen LogP contribution in [0.15, 0.2) is 48.5 Å². The molecule has 2 N–H and O–H groups in total. The molecule has 0 spiro atoms. The van der Waals surface area contributed by atoms with E-state index in [2.05, 4.69) is 10.0 Å². The van der Waals surface area contributed by atoms with Gasteiger partial charge in [0.1, 0.15) is 12.1 Å². The fourth-order valence-corrected chi connectivity index (χ4v) is 6.29. The maximum Gasteiger partial charge on any atom is 0.341 e. The minimum absolute atomic E-state index is 0.0391. The van der Waals surface area contributed by atoms with E-state index in [1.165, 1.54) is 17.1 Å². The number of rotatable bonds is 10. The number of fused-ring (bicyclic) bond motifs is 1. The number of hydrogen-bond acceptors (Lipinski definition) is 8. The lowest BCUT2D eigenvalue weighted by molar-refractivity contribution is -0.176. The molecule has 2 fully saturated rings. The molecule has 0 saturated carbocycles. The van der Waals surface area contributed by atoms with E-state index in [4.69, 9.17) is 27.9 Å². The summed E-state index contributed by atoms with van der Waals surface area (Å²) in [4.78, 5) is 66.0. The van der Waals surface area contributed by atoms with E-state index in [9.17, 15) is 32.4 Å². The second-order valence-corrected chi connectivity index (χ2v) is 12.8. The predicted molar refractivity (Wildman–Crippen MR) is 156 cm³/mol. The van der Waals surface area contributed by atoms with Crippen LogP contribution < -0.4 is 10.0 Å². The van der Waals surface area contributed by atoms with Gasteiger partial charge in [-0.05, 0) is 43.4 Å². The van der Waals surface area contributed by atoms with Crippen molar-refractivity contribution in [1.29, 1.82) is 0 Å². The van der Waals surface area contributed by atoms with Gasteiger partial charge in [-0.3, -0.25) is 24.2 Å². The van der Waals surface area contributed by atoms with Gasteiger partial charge >= 0.3 is 5.97 Å². The molecule has 2 aliphatic rings. The number of hydrazine groups is 1. The third kappa shape index (κ3) is 8.11. The minimum Gasteiger partial charge on any atom is -0.454 e. The number of sulfonamides is 1. The van der Waals surface area contributed by atoms with E-state index in [0.717, 1.165) is 11.3 Å². The second kappa shape index (κ2) is 13.8. The van der Waals surface area contributed by atoms with Crippen LogP contribution in [0.5, 0.6) is 0 Å². The van der Waals surface area contributed by atoms with Gasteiger partial charge in [-0.15, -0.1) is 0 Å². The van der Waals surface area contributed by atoms with Crippen molar-refractivity contribution >= 4 is 62.7 Å². The number of hydrogen-bond donors (Lipinski definition) is 2. The van der Waals surface area contributed by atoms with Gasteiger partial charge in [-0.25, -0.2) is 22.9 Å². The molecule has 230 valence electrons. The molecule has 2 aromatic carbocycles. The van der Waals surface area contributed by atoms with E-state index in [1.807, 2.05) is 0 Å². The SMILES string of the molecule is CS(=O)(=O)NC1CCC(=O)N2CCC[C@@H](C(=O)N[C@@H](Cc3ccccc3)C(=O)COC(=O)c3c(Cl)cccc3Cl)N2C1=O. The molecule has 12 nitrogen and oxygen atoms in total. The molecule has 2 heterocycles. The van der Waals surface area contributed by atoms with Gasteiger partial charge in [0.25, 0.3) is 5.91 Å². The first-order valence-corrected chi connectivity index (χ1v) is 16.1. The van der Waals surface area contributed by atoms with Crippen molar-refractivity contribution in [1.82, 2.24) is 20.1 Å². The number of carbonyl (C=O) groups is 5. The lowest BCUT2D eigenvalue weighted by atomic mass is 10.0. The molecular formula is C28H30Cl2N4O8S. The molecule has 15 heteroatoms. The lowest BCUT2D eigenvalue weighted by Crippen LogP contribution is -2.64. The number of amides is 3. The highest BCUT2D eigenvalue weighted by Gasteiger charge is 2.45. The van der Waals surface area contributed by atoms with Crippen LogP contribution in [0.4, 0.5) is 0 Å². The molecule has 3 amide bonds. The molecular weight excluding hydrogens is 623 g/mol. The first kappa shape index (κ1) is 32.4. The van der Waals surface area contributed by atoms with Crippen molar-refractivity contribution in [2.24, 2.45) is 0 Å². The van der Waals surface area contributed by atoms with Gasteiger partial charge in [0, 0.05) is 13.0 Å². The van der Waals surface area contributed by atoms with Crippen LogP contribution in [0.2, 0.25) is 10.0 Å². The number of nitrogens with zero attached hydrogens (tertiary/aromatic N) is 2. The topological polar surface area (TPSA) is 159 Å². The zero-order valence-corrected chi connectivity index (χ0v) is 25.5. The number of esters is 1. The summed E-state index contributed by atoms with van der Waals surface area (Å²) >= 11 is 12.1. The molecule has 0 bridgehead atoms. The van der Waals surface area contributed by atoms with E-state index in [0.29, 0.717) is 12.0 Å². The van der Waals surface area contributed by atoms with Crippen LogP contribution in [0, 0.1) is 0 Å². The maximum atomic E-state index is 13.7. The van der Waals surface area contributed by atoms with Gasteiger partial charge in [0.2, 0.25) is 21.8 Å². The molecule has 0 aromatic heterocycles. The predicted octanol–water partition coefficient (Wildman–Crippen LogP) is 1.89. The fourth-order valence-electron chi connectivity index (χ4n) is 5.01. The molecule has 3 atom stereocenters. The van der Waals surface area contributed by atoms with Crippen molar-refractivity contribution < 1.29 is 37.1 Å². The molecule has 2 aliphatic heterocycles.